The van der Waals surface area contributed by atoms with Crippen LogP contribution in [0.15, 0.2) is 42.5 Å². The first-order chi connectivity index (χ1) is 21.3. The molecule has 2 aliphatic heterocycles. The average Bonchev–Trinajstić information content (AvgIpc) is 3.01. The van der Waals surface area contributed by atoms with Gasteiger partial charge in [0.05, 0.1) is 43.5 Å². The van der Waals surface area contributed by atoms with Crippen LogP contribution in [0.5, 0.6) is 5.75 Å². The van der Waals surface area contributed by atoms with Gasteiger partial charge in [-0.05, 0) is 49.4 Å². The minimum absolute atomic E-state index is 0.0860. The minimum atomic E-state index is -4.49. The maximum absolute atomic E-state index is 13.7. The number of halogens is 3. The molecule has 0 aromatic heterocycles. The molecule has 0 spiro atoms. The maximum atomic E-state index is 13.7. The van der Waals surface area contributed by atoms with Gasteiger partial charge in [0.1, 0.15) is 11.9 Å². The molecule has 1 fully saturated rings. The highest BCUT2D eigenvalue weighted by Crippen LogP contribution is 2.32. The zero-order valence-corrected chi connectivity index (χ0v) is 25.6. The van der Waals surface area contributed by atoms with Crippen LogP contribution in [0.4, 0.5) is 29.3 Å². The molecular formula is C31H40F3N5O6. The Morgan fingerprint density at radius 2 is 1.76 bits per heavy atom. The van der Waals surface area contributed by atoms with E-state index in [0.717, 1.165) is 25.2 Å². The van der Waals surface area contributed by atoms with Gasteiger partial charge in [0, 0.05) is 56.9 Å². The van der Waals surface area contributed by atoms with E-state index < -0.39 is 29.9 Å². The van der Waals surface area contributed by atoms with E-state index in [9.17, 15) is 32.7 Å². The highest BCUT2D eigenvalue weighted by molar-refractivity contribution is 6.00. The minimum Gasteiger partial charge on any atom is -0.487 e. The second-order valence-electron chi connectivity index (χ2n) is 11.5. The van der Waals surface area contributed by atoms with Gasteiger partial charge in [-0.1, -0.05) is 6.92 Å². The molecule has 2 heterocycles. The molecular weight excluding hydrogens is 595 g/mol. The fraction of sp³-hybridized carbons (Fsp3) is 0.516. The number of carbonyl (C=O) groups excluding carboxylic acids is 3. The van der Waals surface area contributed by atoms with Crippen molar-refractivity contribution >= 4 is 29.2 Å². The van der Waals surface area contributed by atoms with Gasteiger partial charge in [-0.2, -0.15) is 13.2 Å². The Hall–Kier alpha value is -3.88. The highest BCUT2D eigenvalue weighted by atomic mass is 19.4. The smallest absolute Gasteiger partial charge is 0.416 e. The number of carbonyl (C=O) groups is 3. The monoisotopic (exact) mass is 635 g/mol. The molecule has 3 N–H and O–H groups in total. The summed E-state index contributed by atoms with van der Waals surface area (Å²) < 4.78 is 50.4. The molecule has 45 heavy (non-hydrogen) atoms. The van der Waals surface area contributed by atoms with E-state index in [2.05, 4.69) is 15.5 Å². The molecule has 0 saturated carbocycles. The van der Waals surface area contributed by atoms with Gasteiger partial charge in [-0.15, -0.1) is 0 Å². The van der Waals surface area contributed by atoms with Crippen LogP contribution < -0.4 is 15.4 Å². The molecule has 0 radical (unpaired) electrons. The number of ether oxygens (including phenoxy) is 2. The summed E-state index contributed by atoms with van der Waals surface area (Å²) in [5.74, 6) is -0.588. The summed E-state index contributed by atoms with van der Waals surface area (Å²) in [7, 11) is 1.53. The third kappa shape index (κ3) is 9.08. The largest absolute Gasteiger partial charge is 0.487 e. The molecule has 11 nitrogen and oxygen atoms in total. The predicted molar refractivity (Wildman–Crippen MR) is 161 cm³/mol. The van der Waals surface area contributed by atoms with Crippen molar-refractivity contribution in [2.45, 2.75) is 38.6 Å². The van der Waals surface area contributed by atoms with E-state index in [1.54, 1.807) is 30.0 Å². The van der Waals surface area contributed by atoms with Crippen molar-refractivity contribution in [1.82, 2.24) is 14.7 Å². The summed E-state index contributed by atoms with van der Waals surface area (Å²) in [6, 6.07) is 7.86. The van der Waals surface area contributed by atoms with Crippen LogP contribution in [-0.2, 0) is 15.7 Å². The molecule has 2 aliphatic rings. The van der Waals surface area contributed by atoms with Crippen LogP contribution >= 0.6 is 0 Å². The van der Waals surface area contributed by atoms with Gasteiger partial charge in [0.15, 0.2) is 0 Å². The summed E-state index contributed by atoms with van der Waals surface area (Å²) in [5, 5.41) is 15.4. The van der Waals surface area contributed by atoms with Crippen LogP contribution in [0.25, 0.3) is 0 Å². The first-order valence-corrected chi connectivity index (χ1v) is 14.9. The molecule has 0 unspecified atom stereocenters. The Morgan fingerprint density at radius 3 is 2.40 bits per heavy atom. The number of hydrogen-bond donors (Lipinski definition) is 3. The normalized spacial score (nSPS) is 19.9. The molecule has 2 aromatic carbocycles. The Labute approximate surface area is 260 Å². The second-order valence-corrected chi connectivity index (χ2v) is 11.5. The third-order valence-corrected chi connectivity index (χ3v) is 7.97. The van der Waals surface area contributed by atoms with Crippen molar-refractivity contribution in [2.24, 2.45) is 5.92 Å². The number of anilines is 2. The molecule has 4 amide bonds. The van der Waals surface area contributed by atoms with Crippen molar-refractivity contribution in [1.29, 1.82) is 0 Å². The number of fused-ring (bicyclic) bond motifs is 1. The predicted octanol–water partition coefficient (Wildman–Crippen LogP) is 3.75. The first kappa shape index (κ1) is 34.0. The topological polar surface area (TPSA) is 124 Å². The molecule has 4 rings (SSSR count). The number of amides is 4. The summed E-state index contributed by atoms with van der Waals surface area (Å²) in [6.07, 6.45) is -4.81. The maximum Gasteiger partial charge on any atom is 0.416 e. The molecule has 0 aliphatic carbocycles. The van der Waals surface area contributed by atoms with Crippen LogP contribution in [0.3, 0.4) is 0 Å². The van der Waals surface area contributed by atoms with E-state index >= 15 is 0 Å². The first-order valence-electron chi connectivity index (χ1n) is 14.9. The quantitative estimate of drug-likeness (QED) is 0.384. The molecule has 2 aromatic rings. The Morgan fingerprint density at radius 1 is 1.09 bits per heavy atom. The number of rotatable bonds is 9. The van der Waals surface area contributed by atoms with Crippen molar-refractivity contribution in [3.63, 3.8) is 0 Å². The van der Waals surface area contributed by atoms with Gasteiger partial charge in [-0.3, -0.25) is 14.5 Å². The average molecular weight is 636 g/mol. The summed E-state index contributed by atoms with van der Waals surface area (Å²) in [4.78, 5) is 44.4. The van der Waals surface area contributed by atoms with E-state index in [0.29, 0.717) is 25.4 Å². The molecule has 0 bridgehead atoms. The van der Waals surface area contributed by atoms with Crippen LogP contribution in [0.1, 0.15) is 36.2 Å². The number of nitrogens with zero attached hydrogens (tertiary/aromatic N) is 3. The number of aliphatic hydroxyl groups excluding tert-OH is 1. The lowest BCUT2D eigenvalue weighted by Gasteiger charge is -2.38. The van der Waals surface area contributed by atoms with Crippen molar-refractivity contribution in [3.8, 4) is 5.75 Å². The Balaban J connectivity index is 1.48. The van der Waals surface area contributed by atoms with E-state index in [1.807, 2.05) is 6.92 Å². The van der Waals surface area contributed by atoms with Crippen LogP contribution in [0.2, 0.25) is 0 Å². The Bertz CT molecular complexity index is 1340. The van der Waals surface area contributed by atoms with Gasteiger partial charge < -0.3 is 35.0 Å². The van der Waals surface area contributed by atoms with E-state index in [4.69, 9.17) is 9.47 Å². The van der Waals surface area contributed by atoms with Gasteiger partial charge >= 0.3 is 12.2 Å². The van der Waals surface area contributed by atoms with Gasteiger partial charge in [0.25, 0.3) is 5.91 Å². The van der Waals surface area contributed by atoms with Crippen molar-refractivity contribution < 1.29 is 42.1 Å². The lowest BCUT2D eigenvalue weighted by atomic mass is 9.99. The number of hydrogen-bond acceptors (Lipinski definition) is 7. The van der Waals surface area contributed by atoms with Gasteiger partial charge in [0.2, 0.25) is 5.91 Å². The second kappa shape index (κ2) is 14.9. The number of alkyl halides is 3. The number of nitrogens with one attached hydrogen (secondary N) is 2. The number of urea groups is 1. The van der Waals surface area contributed by atoms with E-state index in [-0.39, 0.29) is 60.8 Å². The number of aliphatic hydroxyl groups is 1. The zero-order chi connectivity index (χ0) is 32.7. The van der Waals surface area contributed by atoms with Gasteiger partial charge in [-0.25, -0.2) is 4.79 Å². The number of likely N-dealkylation sites (N-methyl/N-ethyl adjacent to an activating group) is 1. The fourth-order valence-corrected chi connectivity index (χ4v) is 5.14. The van der Waals surface area contributed by atoms with Crippen LogP contribution in [-0.4, -0.2) is 109 Å². The summed E-state index contributed by atoms with van der Waals surface area (Å²) >= 11 is 0. The number of benzene rings is 2. The van der Waals surface area contributed by atoms with Crippen molar-refractivity contribution in [2.75, 3.05) is 70.2 Å². The highest BCUT2D eigenvalue weighted by Gasteiger charge is 2.34. The standard InChI is InChI=1S/C31H40F3N5O6/c1-20-17-39(21(2)19-40)29(42)25-16-24(35-28(41)10-11-38-12-14-44-15-13-38)8-9-26(25)45-27(20)18-37(3)30(43)36-23-6-4-22(5-7-23)31(32,33)34/h4-9,16,20-21,27,40H,10-15,17-19H2,1-3H3,(H,35,41)(H,36,43)/t20-,21+,27-/m1/s1. The number of morpholine rings is 1. The van der Waals surface area contributed by atoms with Crippen LogP contribution in [0, 0.1) is 5.92 Å². The SMILES string of the molecule is C[C@@H]1CN([C@@H](C)CO)C(=O)c2cc(NC(=O)CCN3CCOCC3)ccc2O[C@@H]1CN(C)C(=O)Nc1ccc(C(F)(F)F)cc1. The molecule has 1 saturated heterocycles. The lowest BCUT2D eigenvalue weighted by molar-refractivity contribution is -0.137. The summed E-state index contributed by atoms with van der Waals surface area (Å²) in [6.45, 7) is 7.01. The van der Waals surface area contributed by atoms with E-state index in [1.165, 1.54) is 24.1 Å². The Kier molecular flexibility index (Phi) is 11.3. The zero-order valence-electron chi connectivity index (χ0n) is 25.6. The molecule has 3 atom stereocenters. The molecule has 14 heteroatoms. The summed E-state index contributed by atoms with van der Waals surface area (Å²) in [5.41, 5.74) is 0.00334. The fourth-order valence-electron chi connectivity index (χ4n) is 5.14. The third-order valence-electron chi connectivity index (χ3n) is 7.97. The molecule has 246 valence electrons. The van der Waals surface area contributed by atoms with Crippen molar-refractivity contribution in [3.05, 3.63) is 53.6 Å². The lowest BCUT2D eigenvalue weighted by Crippen LogP contribution is -2.50.